The smallest absolute Gasteiger partial charge is 0.337 e. The summed E-state index contributed by atoms with van der Waals surface area (Å²) in [7, 11) is -2.96. The average Bonchev–Trinajstić information content (AvgIpc) is 2.55. The Balaban J connectivity index is 5.24. The standard InChI is InChI=1S/C19H37O5PSi/c1-9-10-11-12-13-14-15-18(24-26(7,8)19(2,3)4)17(20)16-25(21,22-5)23-6/h10-11,13-14,18H,9,12,15-16H2,1-8H3/b11-10-,14-13-/t18-/m0/s1. The van der Waals surface area contributed by atoms with E-state index in [0.29, 0.717) is 6.42 Å². The summed E-state index contributed by atoms with van der Waals surface area (Å²) in [6.07, 6.45) is 9.55. The molecule has 152 valence electrons. The topological polar surface area (TPSA) is 61.8 Å². The number of rotatable bonds is 12. The van der Waals surface area contributed by atoms with Crippen molar-refractivity contribution >= 4 is 21.7 Å². The lowest BCUT2D eigenvalue weighted by Crippen LogP contribution is -2.46. The van der Waals surface area contributed by atoms with Crippen LogP contribution in [0.25, 0.3) is 0 Å². The second-order valence-electron chi connectivity index (χ2n) is 7.79. The minimum atomic E-state index is -3.40. The van der Waals surface area contributed by atoms with Gasteiger partial charge in [0.2, 0.25) is 0 Å². The van der Waals surface area contributed by atoms with Crippen molar-refractivity contribution < 1.29 is 22.8 Å². The van der Waals surface area contributed by atoms with E-state index in [9.17, 15) is 9.36 Å². The van der Waals surface area contributed by atoms with Crippen molar-refractivity contribution in [2.24, 2.45) is 0 Å². The zero-order valence-corrected chi connectivity index (χ0v) is 19.6. The van der Waals surface area contributed by atoms with Crippen molar-refractivity contribution in [1.82, 2.24) is 0 Å². The van der Waals surface area contributed by atoms with Gasteiger partial charge < -0.3 is 13.5 Å². The van der Waals surface area contributed by atoms with Gasteiger partial charge in [-0.25, -0.2) is 0 Å². The molecule has 0 saturated carbocycles. The third-order valence-electron chi connectivity index (χ3n) is 4.70. The highest BCUT2D eigenvalue weighted by molar-refractivity contribution is 7.54. The predicted molar refractivity (Wildman–Crippen MR) is 111 cm³/mol. The number of hydrogen-bond donors (Lipinski definition) is 0. The van der Waals surface area contributed by atoms with Gasteiger partial charge in [0.25, 0.3) is 0 Å². The molecule has 0 fully saturated rings. The van der Waals surface area contributed by atoms with E-state index >= 15 is 0 Å². The Morgan fingerprint density at radius 2 is 1.62 bits per heavy atom. The fourth-order valence-corrected chi connectivity index (χ4v) is 4.22. The Bertz CT molecular complexity index is 527. The summed E-state index contributed by atoms with van der Waals surface area (Å²) in [5.41, 5.74) is 0. The van der Waals surface area contributed by atoms with Crippen molar-refractivity contribution in [2.75, 3.05) is 20.4 Å². The zero-order chi connectivity index (χ0) is 20.4. The first-order chi connectivity index (χ1) is 11.9. The number of carbonyl (C=O) groups is 1. The van der Waals surface area contributed by atoms with Gasteiger partial charge in [0, 0.05) is 14.2 Å². The Morgan fingerprint density at radius 1 is 1.08 bits per heavy atom. The highest BCUT2D eigenvalue weighted by Crippen LogP contribution is 2.47. The van der Waals surface area contributed by atoms with Gasteiger partial charge >= 0.3 is 7.60 Å². The van der Waals surface area contributed by atoms with Crippen LogP contribution in [0.2, 0.25) is 18.1 Å². The van der Waals surface area contributed by atoms with Crippen LogP contribution in [0.3, 0.4) is 0 Å². The maximum absolute atomic E-state index is 12.8. The molecule has 0 aliphatic carbocycles. The molecule has 0 aliphatic rings. The maximum Gasteiger partial charge on any atom is 0.337 e. The van der Waals surface area contributed by atoms with Gasteiger partial charge in [0.1, 0.15) is 12.3 Å². The van der Waals surface area contributed by atoms with Crippen molar-refractivity contribution in [3.8, 4) is 0 Å². The number of carbonyl (C=O) groups excluding carboxylic acids is 1. The summed E-state index contributed by atoms with van der Waals surface area (Å²) in [6.45, 7) is 12.7. The summed E-state index contributed by atoms with van der Waals surface area (Å²) < 4.78 is 28.5. The van der Waals surface area contributed by atoms with Crippen LogP contribution in [0.1, 0.15) is 47.0 Å². The molecule has 0 aromatic carbocycles. The highest BCUT2D eigenvalue weighted by atomic mass is 31.2. The molecule has 0 aromatic heterocycles. The number of Topliss-reactive ketones (excluding diaryl/α,β-unsaturated/α-hetero) is 1. The van der Waals surface area contributed by atoms with Crippen LogP contribution in [-0.2, 0) is 22.8 Å². The Hall–Kier alpha value is -0.523. The molecule has 5 nitrogen and oxygen atoms in total. The molecule has 0 N–H and O–H groups in total. The molecule has 0 amide bonds. The van der Waals surface area contributed by atoms with Gasteiger partial charge in [-0.1, -0.05) is 52.0 Å². The van der Waals surface area contributed by atoms with Gasteiger partial charge in [-0.3, -0.25) is 9.36 Å². The molecule has 0 bridgehead atoms. The molecular weight excluding hydrogens is 367 g/mol. The van der Waals surface area contributed by atoms with Crippen LogP contribution in [0, 0.1) is 0 Å². The molecule has 0 aromatic rings. The van der Waals surface area contributed by atoms with Gasteiger partial charge in [-0.2, -0.15) is 0 Å². The van der Waals surface area contributed by atoms with Crippen LogP contribution in [0.4, 0.5) is 0 Å². The van der Waals surface area contributed by atoms with Gasteiger partial charge in [-0.15, -0.1) is 0 Å². The first-order valence-electron chi connectivity index (χ1n) is 9.13. The number of allylic oxidation sites excluding steroid dienone is 3. The second kappa shape index (κ2) is 11.3. The van der Waals surface area contributed by atoms with Crippen LogP contribution in [0.5, 0.6) is 0 Å². The van der Waals surface area contributed by atoms with E-state index in [4.69, 9.17) is 13.5 Å². The summed E-state index contributed by atoms with van der Waals surface area (Å²) in [6, 6.07) is 0. The largest absolute Gasteiger partial charge is 0.407 e. The van der Waals surface area contributed by atoms with Crippen molar-refractivity contribution in [2.45, 2.75) is 71.2 Å². The van der Waals surface area contributed by atoms with E-state index in [1.54, 1.807) is 0 Å². The molecule has 0 unspecified atom stereocenters. The SMILES string of the molecule is CC/C=C\C/C=C\C[C@H](O[Si](C)(C)C(C)(C)C)C(=O)CP(=O)(OC)OC. The average molecular weight is 405 g/mol. The fourth-order valence-electron chi connectivity index (χ4n) is 1.93. The summed E-state index contributed by atoms with van der Waals surface area (Å²) in [5, 5.41) is -0.0225. The first-order valence-corrected chi connectivity index (χ1v) is 13.8. The normalized spacial score (nSPS) is 15.1. The lowest BCUT2D eigenvalue weighted by atomic mass is 10.1. The number of ketones is 1. The van der Waals surface area contributed by atoms with Crippen molar-refractivity contribution in [3.05, 3.63) is 24.3 Å². The van der Waals surface area contributed by atoms with Crippen LogP contribution in [-0.4, -0.2) is 40.6 Å². The molecule has 0 heterocycles. The molecule has 26 heavy (non-hydrogen) atoms. The van der Waals surface area contributed by atoms with Crippen LogP contribution < -0.4 is 0 Å². The molecule has 0 spiro atoms. The van der Waals surface area contributed by atoms with Gasteiger partial charge in [0.05, 0.1) is 0 Å². The lowest BCUT2D eigenvalue weighted by Gasteiger charge is -2.38. The van der Waals surface area contributed by atoms with E-state index in [-0.39, 0.29) is 17.0 Å². The minimum absolute atomic E-state index is 0.0225. The van der Waals surface area contributed by atoms with Crippen molar-refractivity contribution in [3.63, 3.8) is 0 Å². The first kappa shape index (κ1) is 25.5. The third kappa shape index (κ3) is 8.91. The molecular formula is C19H37O5PSi. The van der Waals surface area contributed by atoms with Crippen LogP contribution in [0.15, 0.2) is 24.3 Å². The van der Waals surface area contributed by atoms with E-state index in [1.165, 1.54) is 14.2 Å². The molecule has 1 atom stereocenters. The molecule has 0 rings (SSSR count). The van der Waals surface area contributed by atoms with E-state index in [2.05, 4.69) is 52.9 Å². The molecule has 0 saturated heterocycles. The molecule has 0 aliphatic heterocycles. The Labute approximate surface area is 160 Å². The maximum atomic E-state index is 12.8. The van der Waals surface area contributed by atoms with E-state index in [1.807, 2.05) is 12.2 Å². The highest BCUT2D eigenvalue weighted by Gasteiger charge is 2.41. The Kier molecular flexibility index (Phi) is 11.1. The Morgan fingerprint density at radius 3 is 2.08 bits per heavy atom. The quantitative estimate of drug-likeness (QED) is 0.236. The number of hydrogen-bond acceptors (Lipinski definition) is 5. The predicted octanol–water partition coefficient (Wildman–Crippen LogP) is 5.73. The van der Waals surface area contributed by atoms with Gasteiger partial charge in [-0.05, 0) is 37.4 Å². The molecule has 7 heteroatoms. The zero-order valence-electron chi connectivity index (χ0n) is 17.7. The minimum Gasteiger partial charge on any atom is -0.407 e. The van der Waals surface area contributed by atoms with Crippen molar-refractivity contribution in [1.29, 1.82) is 0 Å². The molecule has 0 radical (unpaired) electrons. The summed E-state index contributed by atoms with van der Waals surface area (Å²) in [4.78, 5) is 12.8. The lowest BCUT2D eigenvalue weighted by molar-refractivity contribution is -0.123. The second-order valence-corrected chi connectivity index (χ2v) is 14.8. The summed E-state index contributed by atoms with van der Waals surface area (Å²) in [5.74, 6) is -0.240. The third-order valence-corrected chi connectivity index (χ3v) is 11.0. The van der Waals surface area contributed by atoms with Crippen LogP contribution >= 0.6 is 7.60 Å². The fraction of sp³-hybridized carbons (Fsp3) is 0.737. The monoisotopic (exact) mass is 404 g/mol. The van der Waals surface area contributed by atoms with Gasteiger partial charge in [0.15, 0.2) is 14.1 Å². The summed E-state index contributed by atoms with van der Waals surface area (Å²) >= 11 is 0. The van der Waals surface area contributed by atoms with E-state index in [0.717, 1.165) is 12.8 Å². The van der Waals surface area contributed by atoms with E-state index < -0.39 is 22.0 Å².